The topological polar surface area (TPSA) is 75.0 Å². The molecule has 1 fully saturated rings. The molecular formula is C11H12N4O. The summed E-state index contributed by atoms with van der Waals surface area (Å²) in [5.41, 5.74) is 8.49. The number of hydrogen-bond acceptors (Lipinski definition) is 3. The Kier molecular flexibility index (Phi) is 1.94. The Morgan fingerprint density at radius 1 is 1.50 bits per heavy atom. The molecule has 1 aliphatic rings. The van der Waals surface area contributed by atoms with Crippen LogP contribution in [0.25, 0.3) is 11.0 Å². The van der Waals surface area contributed by atoms with Gasteiger partial charge in [-0.25, -0.2) is 4.98 Å². The fourth-order valence-electron chi connectivity index (χ4n) is 2.08. The van der Waals surface area contributed by atoms with Gasteiger partial charge in [0, 0.05) is 24.7 Å². The minimum Gasteiger partial charge on any atom is -0.345 e. The molecule has 3 N–H and O–H groups in total. The maximum atomic E-state index is 11.7. The number of benzene rings is 1. The van der Waals surface area contributed by atoms with Crippen molar-refractivity contribution in [3.05, 3.63) is 24.5 Å². The van der Waals surface area contributed by atoms with Crippen LogP contribution in [-0.4, -0.2) is 28.5 Å². The van der Waals surface area contributed by atoms with Crippen LogP contribution < -0.4 is 10.6 Å². The van der Waals surface area contributed by atoms with Crippen LogP contribution in [0.5, 0.6) is 0 Å². The van der Waals surface area contributed by atoms with Crippen molar-refractivity contribution in [2.45, 2.75) is 12.5 Å². The van der Waals surface area contributed by atoms with E-state index in [1.54, 1.807) is 11.2 Å². The molecule has 1 aliphatic heterocycles. The van der Waals surface area contributed by atoms with Crippen LogP contribution in [0.3, 0.4) is 0 Å². The summed E-state index contributed by atoms with van der Waals surface area (Å²) < 4.78 is 0. The number of carbonyl (C=O) groups is 1. The summed E-state index contributed by atoms with van der Waals surface area (Å²) in [5, 5.41) is 0. The van der Waals surface area contributed by atoms with Crippen molar-refractivity contribution in [2.24, 2.45) is 5.73 Å². The van der Waals surface area contributed by atoms with Crippen molar-refractivity contribution >= 4 is 22.6 Å². The molecule has 3 rings (SSSR count). The third kappa shape index (κ3) is 1.37. The number of fused-ring (bicyclic) bond motifs is 1. The fourth-order valence-corrected chi connectivity index (χ4v) is 2.08. The molecule has 82 valence electrons. The van der Waals surface area contributed by atoms with E-state index in [2.05, 4.69) is 9.97 Å². The Morgan fingerprint density at radius 3 is 3.12 bits per heavy atom. The van der Waals surface area contributed by atoms with E-state index in [1.807, 2.05) is 18.2 Å². The molecule has 1 atom stereocenters. The third-order valence-corrected chi connectivity index (χ3v) is 2.87. The highest BCUT2D eigenvalue weighted by molar-refractivity contribution is 5.97. The third-order valence-electron chi connectivity index (χ3n) is 2.87. The first-order valence-corrected chi connectivity index (χ1v) is 5.23. The zero-order valence-corrected chi connectivity index (χ0v) is 8.68. The number of nitrogens with zero attached hydrogens (tertiary/aromatic N) is 2. The van der Waals surface area contributed by atoms with Gasteiger partial charge >= 0.3 is 0 Å². The molecule has 0 radical (unpaired) electrons. The molecule has 1 aromatic carbocycles. The van der Waals surface area contributed by atoms with E-state index >= 15 is 0 Å². The van der Waals surface area contributed by atoms with Crippen LogP contribution >= 0.6 is 0 Å². The lowest BCUT2D eigenvalue weighted by Crippen LogP contribution is -2.27. The molecule has 5 nitrogen and oxygen atoms in total. The molecule has 0 saturated carbocycles. The summed E-state index contributed by atoms with van der Waals surface area (Å²) in [6.07, 6.45) is 2.08. The van der Waals surface area contributed by atoms with Crippen molar-refractivity contribution in [2.75, 3.05) is 11.4 Å². The van der Waals surface area contributed by atoms with Crippen molar-refractivity contribution in [1.82, 2.24) is 9.97 Å². The zero-order chi connectivity index (χ0) is 11.1. The number of H-pyrrole nitrogens is 1. The lowest BCUT2D eigenvalue weighted by atomic mass is 10.2. The first kappa shape index (κ1) is 9.35. The Hall–Kier alpha value is -1.88. The van der Waals surface area contributed by atoms with Crippen LogP contribution in [0.1, 0.15) is 6.42 Å². The average Bonchev–Trinajstić information content (AvgIpc) is 2.83. The molecule has 0 aliphatic carbocycles. The number of aromatic nitrogens is 2. The van der Waals surface area contributed by atoms with Crippen molar-refractivity contribution in [3.63, 3.8) is 0 Å². The highest BCUT2D eigenvalue weighted by Gasteiger charge is 2.28. The van der Waals surface area contributed by atoms with Gasteiger partial charge in [-0.15, -0.1) is 0 Å². The molecule has 16 heavy (non-hydrogen) atoms. The number of imidazole rings is 1. The van der Waals surface area contributed by atoms with Gasteiger partial charge in [0.25, 0.3) is 0 Å². The number of nitrogens with two attached hydrogens (primary N) is 1. The molecule has 5 heteroatoms. The van der Waals surface area contributed by atoms with E-state index < -0.39 is 0 Å². The zero-order valence-electron chi connectivity index (χ0n) is 8.68. The van der Waals surface area contributed by atoms with Gasteiger partial charge in [0.2, 0.25) is 5.91 Å². The number of amides is 1. The summed E-state index contributed by atoms with van der Waals surface area (Å²) in [4.78, 5) is 20.6. The monoisotopic (exact) mass is 216 g/mol. The predicted molar refractivity (Wildman–Crippen MR) is 61.0 cm³/mol. The summed E-state index contributed by atoms with van der Waals surface area (Å²) in [6, 6.07) is 5.68. The van der Waals surface area contributed by atoms with E-state index in [-0.39, 0.29) is 11.9 Å². The molecular weight excluding hydrogens is 204 g/mol. The summed E-state index contributed by atoms with van der Waals surface area (Å²) >= 11 is 0. The van der Waals surface area contributed by atoms with E-state index in [9.17, 15) is 4.79 Å². The maximum absolute atomic E-state index is 11.7. The Bertz CT molecular complexity index is 548. The molecule has 2 heterocycles. The quantitative estimate of drug-likeness (QED) is 0.734. The van der Waals surface area contributed by atoms with E-state index in [0.717, 1.165) is 16.7 Å². The maximum Gasteiger partial charge on any atom is 0.228 e. The van der Waals surface area contributed by atoms with Gasteiger partial charge in [-0.05, 0) is 18.2 Å². The Labute approximate surface area is 92.3 Å². The van der Waals surface area contributed by atoms with Crippen molar-refractivity contribution in [1.29, 1.82) is 0 Å². The minimum absolute atomic E-state index is 0.0510. The predicted octanol–water partition coefficient (Wildman–Crippen LogP) is 0.627. The van der Waals surface area contributed by atoms with Gasteiger partial charge in [-0.3, -0.25) is 4.79 Å². The molecule has 1 saturated heterocycles. The Balaban J connectivity index is 2.02. The van der Waals surface area contributed by atoms with Gasteiger partial charge in [0.1, 0.15) is 0 Å². The molecule has 0 spiro atoms. The second-order valence-corrected chi connectivity index (χ2v) is 4.07. The summed E-state index contributed by atoms with van der Waals surface area (Å²) in [6.45, 7) is 0.596. The molecule has 1 aromatic heterocycles. The highest BCUT2D eigenvalue weighted by Crippen LogP contribution is 2.23. The largest absolute Gasteiger partial charge is 0.345 e. The van der Waals surface area contributed by atoms with Gasteiger partial charge in [0.05, 0.1) is 17.4 Å². The second-order valence-electron chi connectivity index (χ2n) is 4.07. The number of nitrogens with one attached hydrogen (secondary N) is 1. The van der Waals surface area contributed by atoms with E-state index in [0.29, 0.717) is 13.0 Å². The number of rotatable bonds is 1. The molecule has 0 bridgehead atoms. The van der Waals surface area contributed by atoms with Gasteiger partial charge in [-0.2, -0.15) is 0 Å². The Morgan fingerprint density at radius 2 is 2.38 bits per heavy atom. The molecule has 1 amide bonds. The van der Waals surface area contributed by atoms with Crippen LogP contribution in [0, 0.1) is 0 Å². The second kappa shape index (κ2) is 3.31. The summed E-state index contributed by atoms with van der Waals surface area (Å²) in [7, 11) is 0. The standard InChI is InChI=1S/C11H12N4O/c12-7-3-11(16)15(5-7)8-1-2-9-10(4-8)14-6-13-9/h1-2,4,6-7H,3,5,12H2,(H,13,14). The van der Waals surface area contributed by atoms with Crippen molar-refractivity contribution < 1.29 is 4.79 Å². The number of carbonyl (C=O) groups excluding carboxylic acids is 1. The lowest BCUT2D eigenvalue weighted by Gasteiger charge is -2.15. The number of aromatic amines is 1. The number of hydrogen-bond donors (Lipinski definition) is 2. The smallest absolute Gasteiger partial charge is 0.228 e. The van der Waals surface area contributed by atoms with Gasteiger partial charge in [0.15, 0.2) is 0 Å². The highest BCUT2D eigenvalue weighted by atomic mass is 16.2. The van der Waals surface area contributed by atoms with Crippen LogP contribution in [0.4, 0.5) is 5.69 Å². The summed E-state index contributed by atoms with van der Waals surface area (Å²) in [5.74, 6) is 0.0892. The van der Waals surface area contributed by atoms with E-state index in [1.165, 1.54) is 0 Å². The first-order chi connectivity index (χ1) is 7.74. The first-order valence-electron chi connectivity index (χ1n) is 5.23. The lowest BCUT2D eigenvalue weighted by molar-refractivity contribution is -0.117. The van der Waals surface area contributed by atoms with Crippen LogP contribution in [0.2, 0.25) is 0 Å². The molecule has 2 aromatic rings. The fraction of sp³-hybridized carbons (Fsp3) is 0.273. The van der Waals surface area contributed by atoms with Gasteiger partial charge < -0.3 is 15.6 Å². The SMILES string of the molecule is NC1CC(=O)N(c2ccc3nc[nH]c3c2)C1. The van der Waals surface area contributed by atoms with Crippen LogP contribution in [-0.2, 0) is 4.79 Å². The van der Waals surface area contributed by atoms with Gasteiger partial charge in [-0.1, -0.05) is 0 Å². The molecule has 1 unspecified atom stereocenters. The normalized spacial score (nSPS) is 20.9. The average molecular weight is 216 g/mol. The minimum atomic E-state index is -0.0510. The number of anilines is 1. The van der Waals surface area contributed by atoms with Crippen LogP contribution in [0.15, 0.2) is 24.5 Å². The van der Waals surface area contributed by atoms with Crippen molar-refractivity contribution in [3.8, 4) is 0 Å². The van der Waals surface area contributed by atoms with E-state index in [4.69, 9.17) is 5.73 Å².